The fourth-order valence-electron chi connectivity index (χ4n) is 2.30. The van der Waals surface area contributed by atoms with Gasteiger partial charge in [-0.2, -0.15) is 0 Å². The highest BCUT2D eigenvalue weighted by atomic mass is 16.5. The second-order valence-corrected chi connectivity index (χ2v) is 4.40. The molecule has 1 amide bonds. The van der Waals surface area contributed by atoms with Gasteiger partial charge in [0.15, 0.2) is 0 Å². The topological polar surface area (TPSA) is 55.6 Å². The first-order chi connectivity index (χ1) is 7.74. The van der Waals surface area contributed by atoms with Gasteiger partial charge in [-0.1, -0.05) is 18.2 Å². The van der Waals surface area contributed by atoms with Crippen LogP contribution in [0.25, 0.3) is 0 Å². The van der Waals surface area contributed by atoms with E-state index in [9.17, 15) is 4.79 Å². The number of piperidine rings is 1. The number of nitrogens with two attached hydrogens (primary N) is 1. The Balaban J connectivity index is 1.75. The van der Waals surface area contributed by atoms with Gasteiger partial charge in [-0.05, 0) is 11.6 Å². The Morgan fingerprint density at radius 2 is 2.19 bits per heavy atom. The number of para-hydroxylation sites is 1. The number of nitrogens with zero attached hydrogens (tertiary/aromatic N) is 1. The Morgan fingerprint density at radius 3 is 2.88 bits per heavy atom. The molecule has 4 heteroatoms. The Labute approximate surface area is 94.0 Å². The number of anilines is 1. The van der Waals surface area contributed by atoms with Crippen molar-refractivity contribution in [2.45, 2.75) is 25.2 Å². The lowest BCUT2D eigenvalue weighted by atomic mass is 9.97. The third-order valence-electron chi connectivity index (χ3n) is 3.26. The zero-order chi connectivity index (χ0) is 11.1. The van der Waals surface area contributed by atoms with Gasteiger partial charge in [0.2, 0.25) is 0 Å². The molecule has 3 aliphatic heterocycles. The Hall–Kier alpha value is -1.55. The van der Waals surface area contributed by atoms with E-state index in [2.05, 4.69) is 0 Å². The molecule has 3 saturated heterocycles. The van der Waals surface area contributed by atoms with Gasteiger partial charge < -0.3 is 15.4 Å². The summed E-state index contributed by atoms with van der Waals surface area (Å²) in [6, 6.07) is 7.67. The van der Waals surface area contributed by atoms with E-state index in [1.165, 1.54) is 0 Å². The fourth-order valence-corrected chi connectivity index (χ4v) is 2.30. The molecule has 4 rings (SSSR count). The van der Waals surface area contributed by atoms with Gasteiger partial charge in [0, 0.05) is 25.2 Å². The van der Waals surface area contributed by atoms with E-state index >= 15 is 0 Å². The van der Waals surface area contributed by atoms with E-state index in [-0.39, 0.29) is 18.1 Å². The summed E-state index contributed by atoms with van der Waals surface area (Å²) in [5.41, 5.74) is 7.62. The van der Waals surface area contributed by atoms with Crippen LogP contribution in [0.3, 0.4) is 0 Å². The zero-order valence-electron chi connectivity index (χ0n) is 8.93. The second kappa shape index (κ2) is 3.49. The van der Waals surface area contributed by atoms with Gasteiger partial charge in [-0.3, -0.25) is 4.79 Å². The number of hydrogen-bond donors (Lipinski definition) is 1. The Kier molecular flexibility index (Phi) is 2.11. The maximum atomic E-state index is 11.8. The van der Waals surface area contributed by atoms with Crippen molar-refractivity contribution in [1.29, 1.82) is 0 Å². The average Bonchev–Trinajstić information content (AvgIpc) is 2.22. The lowest BCUT2D eigenvalue weighted by Gasteiger charge is -2.46. The molecule has 3 heterocycles. The lowest BCUT2D eigenvalue weighted by Crippen LogP contribution is -2.60. The summed E-state index contributed by atoms with van der Waals surface area (Å²) in [6.07, 6.45) is 0.941. The van der Waals surface area contributed by atoms with Gasteiger partial charge >= 0.3 is 0 Å². The van der Waals surface area contributed by atoms with Crippen molar-refractivity contribution in [2.24, 2.45) is 0 Å². The maximum absolute atomic E-state index is 11.8. The van der Waals surface area contributed by atoms with Gasteiger partial charge in [0.1, 0.15) is 6.10 Å². The minimum absolute atomic E-state index is 0.103. The van der Waals surface area contributed by atoms with Gasteiger partial charge in [-0.15, -0.1) is 0 Å². The van der Waals surface area contributed by atoms with Crippen LogP contribution in [0.15, 0.2) is 24.3 Å². The minimum atomic E-state index is -0.191. The van der Waals surface area contributed by atoms with Gasteiger partial charge in [-0.25, -0.2) is 0 Å². The normalized spacial score (nSPS) is 27.8. The summed E-state index contributed by atoms with van der Waals surface area (Å²) in [5.74, 6) is 0.103. The third kappa shape index (κ3) is 1.46. The molecule has 0 spiro atoms. The average molecular weight is 218 g/mol. The maximum Gasteiger partial charge on any atom is 0.252 e. The van der Waals surface area contributed by atoms with Crippen molar-refractivity contribution in [3.8, 4) is 0 Å². The highest BCUT2D eigenvalue weighted by Crippen LogP contribution is 2.30. The van der Waals surface area contributed by atoms with Gasteiger partial charge in [0.25, 0.3) is 5.91 Å². The molecule has 3 aliphatic rings. The van der Waals surface area contributed by atoms with Crippen LogP contribution < -0.4 is 5.73 Å². The van der Waals surface area contributed by atoms with Crippen LogP contribution in [-0.4, -0.2) is 29.6 Å². The van der Waals surface area contributed by atoms with Crippen molar-refractivity contribution in [2.75, 3.05) is 12.3 Å². The molecule has 0 aliphatic carbocycles. The summed E-state index contributed by atoms with van der Waals surface area (Å²) in [5, 5.41) is 0. The first-order valence-corrected chi connectivity index (χ1v) is 5.51. The highest BCUT2D eigenvalue weighted by molar-refractivity contribution is 5.83. The molecule has 16 heavy (non-hydrogen) atoms. The number of nitrogen functional groups attached to an aromatic ring is 1. The van der Waals surface area contributed by atoms with E-state index < -0.39 is 0 Å². The number of benzene rings is 1. The van der Waals surface area contributed by atoms with Crippen LogP contribution in [0.4, 0.5) is 5.69 Å². The van der Waals surface area contributed by atoms with Crippen molar-refractivity contribution in [3.63, 3.8) is 0 Å². The van der Waals surface area contributed by atoms with E-state index in [1.807, 2.05) is 29.2 Å². The smallest absolute Gasteiger partial charge is 0.252 e. The molecular weight excluding hydrogens is 204 g/mol. The number of amides is 1. The fraction of sp³-hybridized carbons (Fsp3) is 0.417. The molecular formula is C12H14N2O2. The van der Waals surface area contributed by atoms with Crippen LogP contribution in [0.5, 0.6) is 0 Å². The number of rotatable bonds is 2. The third-order valence-corrected chi connectivity index (χ3v) is 3.26. The predicted molar refractivity (Wildman–Crippen MR) is 59.5 cm³/mol. The van der Waals surface area contributed by atoms with Crippen LogP contribution in [0.1, 0.15) is 12.0 Å². The van der Waals surface area contributed by atoms with Crippen LogP contribution >= 0.6 is 0 Å². The van der Waals surface area contributed by atoms with Crippen LogP contribution in [0.2, 0.25) is 0 Å². The standard InChI is InChI=1S/C12H14N2O2/c13-10-4-2-1-3-8(10)6-14-7-9-5-11(16-9)12(14)15/h1-4,9,11H,5-7,13H2. The Bertz CT molecular complexity index is 427. The van der Waals surface area contributed by atoms with E-state index in [0.29, 0.717) is 13.1 Å². The number of hydrogen-bond acceptors (Lipinski definition) is 3. The molecule has 3 fully saturated rings. The van der Waals surface area contributed by atoms with Crippen LogP contribution in [-0.2, 0) is 16.1 Å². The molecule has 4 nitrogen and oxygen atoms in total. The molecule has 0 radical (unpaired) electrons. The van der Waals surface area contributed by atoms with E-state index in [0.717, 1.165) is 17.7 Å². The van der Waals surface area contributed by atoms with Crippen molar-refractivity contribution in [3.05, 3.63) is 29.8 Å². The molecule has 1 aromatic carbocycles. The summed E-state index contributed by atoms with van der Waals surface area (Å²) >= 11 is 0. The quantitative estimate of drug-likeness (QED) is 0.746. The minimum Gasteiger partial charge on any atom is -0.398 e. The first kappa shape index (κ1) is 9.66. The number of carbonyl (C=O) groups excluding carboxylic acids is 1. The number of ether oxygens (including phenoxy) is 1. The molecule has 2 N–H and O–H groups in total. The number of morpholine rings is 1. The van der Waals surface area contributed by atoms with Crippen molar-refractivity contribution >= 4 is 11.6 Å². The number of carbonyl (C=O) groups is 1. The monoisotopic (exact) mass is 218 g/mol. The molecule has 0 aromatic heterocycles. The largest absolute Gasteiger partial charge is 0.398 e. The number of fused-ring (bicyclic) bond motifs is 2. The van der Waals surface area contributed by atoms with Gasteiger partial charge in [0.05, 0.1) is 6.10 Å². The van der Waals surface area contributed by atoms with Crippen molar-refractivity contribution < 1.29 is 9.53 Å². The van der Waals surface area contributed by atoms with Crippen molar-refractivity contribution in [1.82, 2.24) is 4.90 Å². The summed E-state index contributed by atoms with van der Waals surface area (Å²) in [6.45, 7) is 1.30. The molecule has 2 unspecified atom stereocenters. The highest BCUT2D eigenvalue weighted by Gasteiger charge is 2.44. The molecule has 0 saturated carbocycles. The lowest BCUT2D eigenvalue weighted by molar-refractivity contribution is -0.198. The predicted octanol–water partition coefficient (Wildman–Crippen LogP) is 0.768. The molecule has 2 bridgehead atoms. The van der Waals surface area contributed by atoms with E-state index in [4.69, 9.17) is 10.5 Å². The zero-order valence-corrected chi connectivity index (χ0v) is 8.93. The molecule has 1 aromatic rings. The SMILES string of the molecule is Nc1ccccc1CN1CC2CC(O2)C1=O. The van der Waals surface area contributed by atoms with Crippen LogP contribution in [0, 0.1) is 0 Å². The van der Waals surface area contributed by atoms with E-state index in [1.54, 1.807) is 0 Å². The summed E-state index contributed by atoms with van der Waals surface area (Å²) in [4.78, 5) is 13.7. The second-order valence-electron chi connectivity index (χ2n) is 4.40. The molecule has 2 atom stereocenters. The molecule has 84 valence electrons. The summed E-state index contributed by atoms with van der Waals surface area (Å²) in [7, 11) is 0. The first-order valence-electron chi connectivity index (χ1n) is 5.51. The Morgan fingerprint density at radius 1 is 1.44 bits per heavy atom. The summed E-state index contributed by atoms with van der Waals surface area (Å²) < 4.78 is 5.36.